The van der Waals surface area contributed by atoms with E-state index in [4.69, 9.17) is 11.6 Å². The zero-order chi connectivity index (χ0) is 19.9. The summed E-state index contributed by atoms with van der Waals surface area (Å²) in [6.07, 6.45) is 2.53. The summed E-state index contributed by atoms with van der Waals surface area (Å²) in [6, 6.07) is 16.4. The average molecular weight is 417 g/mol. The van der Waals surface area contributed by atoms with Gasteiger partial charge in [-0.1, -0.05) is 42.8 Å². The van der Waals surface area contributed by atoms with E-state index in [-0.39, 0.29) is 11.9 Å². The summed E-state index contributed by atoms with van der Waals surface area (Å²) in [5.41, 5.74) is 3.56. The standard InChI is InChI=1S/C23H29ClN2OS/c1-17-10-12-26(13-11-17)22-8-6-20(7-9-22)18(2)25-23(27)16-28-15-19-4-3-5-21(24)14-19/h3-9,14,17-18H,10-13,15-16H2,1-2H3,(H,25,27)/t18-/m0/s1. The fourth-order valence-electron chi connectivity index (χ4n) is 3.50. The summed E-state index contributed by atoms with van der Waals surface area (Å²) in [4.78, 5) is 14.7. The fourth-order valence-corrected chi connectivity index (χ4v) is 4.49. The summed E-state index contributed by atoms with van der Waals surface area (Å²) < 4.78 is 0. The monoisotopic (exact) mass is 416 g/mol. The molecule has 0 bridgehead atoms. The molecule has 2 aromatic rings. The Morgan fingerprint density at radius 1 is 1.21 bits per heavy atom. The second kappa shape index (κ2) is 10.2. The molecular formula is C23H29ClN2OS. The van der Waals surface area contributed by atoms with Crippen LogP contribution in [0.1, 0.15) is 43.9 Å². The van der Waals surface area contributed by atoms with Crippen molar-refractivity contribution >= 4 is 35.0 Å². The molecule has 0 aromatic heterocycles. The highest BCUT2D eigenvalue weighted by atomic mass is 35.5. The number of piperidine rings is 1. The topological polar surface area (TPSA) is 32.3 Å². The summed E-state index contributed by atoms with van der Waals surface area (Å²) in [5, 5.41) is 3.83. The van der Waals surface area contributed by atoms with Crippen LogP contribution in [0.2, 0.25) is 5.02 Å². The van der Waals surface area contributed by atoms with Gasteiger partial charge in [0.1, 0.15) is 0 Å². The van der Waals surface area contributed by atoms with Crippen molar-refractivity contribution in [3.05, 3.63) is 64.7 Å². The molecule has 1 N–H and O–H groups in total. The van der Waals surface area contributed by atoms with E-state index in [0.29, 0.717) is 5.75 Å². The zero-order valence-electron chi connectivity index (χ0n) is 16.7. The van der Waals surface area contributed by atoms with Gasteiger partial charge in [-0.2, -0.15) is 0 Å². The molecule has 0 aliphatic carbocycles. The number of rotatable bonds is 7. The van der Waals surface area contributed by atoms with Gasteiger partial charge in [0.15, 0.2) is 0 Å². The predicted molar refractivity (Wildman–Crippen MR) is 121 cm³/mol. The van der Waals surface area contributed by atoms with Gasteiger partial charge in [-0.3, -0.25) is 4.79 Å². The molecule has 0 radical (unpaired) electrons. The minimum absolute atomic E-state index is 0.00898. The number of halogens is 1. The normalized spacial score (nSPS) is 16.0. The molecule has 0 spiro atoms. The first-order chi connectivity index (χ1) is 13.5. The fraction of sp³-hybridized carbons (Fsp3) is 0.435. The van der Waals surface area contributed by atoms with E-state index >= 15 is 0 Å². The van der Waals surface area contributed by atoms with Gasteiger partial charge in [-0.25, -0.2) is 0 Å². The average Bonchev–Trinajstić information content (AvgIpc) is 2.69. The molecule has 2 aromatic carbocycles. The van der Waals surface area contributed by atoms with Gasteiger partial charge in [0, 0.05) is 29.6 Å². The Morgan fingerprint density at radius 2 is 1.93 bits per heavy atom. The SMILES string of the molecule is CC1CCN(c2ccc([C@H](C)NC(=O)CSCc3cccc(Cl)c3)cc2)CC1. The zero-order valence-corrected chi connectivity index (χ0v) is 18.2. The maximum absolute atomic E-state index is 12.3. The summed E-state index contributed by atoms with van der Waals surface area (Å²) in [5.74, 6) is 2.13. The van der Waals surface area contributed by atoms with Gasteiger partial charge in [-0.15, -0.1) is 11.8 Å². The van der Waals surface area contributed by atoms with E-state index in [9.17, 15) is 4.79 Å². The molecule has 3 nitrogen and oxygen atoms in total. The van der Waals surface area contributed by atoms with Crippen LogP contribution in [0.15, 0.2) is 48.5 Å². The van der Waals surface area contributed by atoms with Gasteiger partial charge < -0.3 is 10.2 Å². The lowest BCUT2D eigenvalue weighted by Gasteiger charge is -2.32. The quantitative estimate of drug-likeness (QED) is 0.629. The van der Waals surface area contributed by atoms with Crippen molar-refractivity contribution in [2.45, 2.75) is 38.5 Å². The van der Waals surface area contributed by atoms with Crippen LogP contribution in [-0.4, -0.2) is 24.7 Å². The first kappa shape index (κ1) is 21.1. The van der Waals surface area contributed by atoms with E-state index in [1.807, 2.05) is 31.2 Å². The highest BCUT2D eigenvalue weighted by Gasteiger charge is 2.16. The Bertz CT molecular complexity index is 772. The summed E-state index contributed by atoms with van der Waals surface area (Å²) in [6.45, 7) is 6.64. The number of carbonyl (C=O) groups is 1. The maximum Gasteiger partial charge on any atom is 0.230 e. The number of hydrogen-bond donors (Lipinski definition) is 1. The Labute approximate surface area is 177 Å². The van der Waals surface area contributed by atoms with Crippen LogP contribution in [0.4, 0.5) is 5.69 Å². The number of nitrogens with one attached hydrogen (secondary N) is 1. The smallest absolute Gasteiger partial charge is 0.230 e. The lowest BCUT2D eigenvalue weighted by atomic mass is 9.98. The Hall–Kier alpha value is -1.65. The molecule has 1 fully saturated rings. The van der Waals surface area contributed by atoms with E-state index in [2.05, 4.69) is 41.4 Å². The van der Waals surface area contributed by atoms with Gasteiger partial charge in [0.2, 0.25) is 5.91 Å². The van der Waals surface area contributed by atoms with Crippen LogP contribution in [0.5, 0.6) is 0 Å². The van der Waals surface area contributed by atoms with Gasteiger partial charge in [-0.05, 0) is 61.1 Å². The largest absolute Gasteiger partial charge is 0.372 e. The van der Waals surface area contributed by atoms with Crippen LogP contribution in [-0.2, 0) is 10.5 Å². The Balaban J connectivity index is 1.44. The highest BCUT2D eigenvalue weighted by molar-refractivity contribution is 7.99. The first-order valence-electron chi connectivity index (χ1n) is 9.97. The second-order valence-corrected chi connectivity index (χ2v) is 9.10. The molecule has 1 amide bonds. The van der Waals surface area contributed by atoms with Crippen molar-refractivity contribution in [3.8, 4) is 0 Å². The van der Waals surface area contributed by atoms with Crippen molar-refractivity contribution in [2.24, 2.45) is 5.92 Å². The minimum atomic E-state index is 0.00898. The molecule has 5 heteroatoms. The molecule has 1 aliphatic heterocycles. The van der Waals surface area contributed by atoms with Gasteiger partial charge in [0.05, 0.1) is 11.8 Å². The Morgan fingerprint density at radius 3 is 2.61 bits per heavy atom. The summed E-state index contributed by atoms with van der Waals surface area (Å²) >= 11 is 7.60. The summed E-state index contributed by atoms with van der Waals surface area (Å²) in [7, 11) is 0. The molecule has 150 valence electrons. The van der Waals surface area contributed by atoms with Crippen molar-refractivity contribution in [3.63, 3.8) is 0 Å². The third-order valence-corrected chi connectivity index (χ3v) is 6.55. The maximum atomic E-state index is 12.3. The van der Waals surface area contributed by atoms with Crippen molar-refractivity contribution < 1.29 is 4.79 Å². The van der Waals surface area contributed by atoms with Crippen LogP contribution in [0.25, 0.3) is 0 Å². The predicted octanol–water partition coefficient (Wildman–Crippen LogP) is 5.69. The van der Waals surface area contributed by atoms with Gasteiger partial charge >= 0.3 is 0 Å². The molecule has 1 heterocycles. The molecule has 1 saturated heterocycles. The number of hydrogen-bond acceptors (Lipinski definition) is 3. The van der Waals surface area contributed by atoms with Crippen molar-refractivity contribution in [1.82, 2.24) is 5.32 Å². The van der Waals surface area contributed by atoms with E-state index in [1.165, 1.54) is 18.5 Å². The van der Waals surface area contributed by atoms with Crippen LogP contribution >= 0.6 is 23.4 Å². The second-order valence-electron chi connectivity index (χ2n) is 7.67. The lowest BCUT2D eigenvalue weighted by Crippen LogP contribution is -2.32. The van der Waals surface area contributed by atoms with Crippen molar-refractivity contribution in [2.75, 3.05) is 23.7 Å². The van der Waals surface area contributed by atoms with Crippen LogP contribution in [0, 0.1) is 5.92 Å². The van der Waals surface area contributed by atoms with E-state index in [0.717, 1.165) is 40.9 Å². The number of thioether (sulfide) groups is 1. The van der Waals surface area contributed by atoms with Crippen LogP contribution in [0.3, 0.4) is 0 Å². The molecule has 28 heavy (non-hydrogen) atoms. The van der Waals surface area contributed by atoms with Crippen LogP contribution < -0.4 is 10.2 Å². The number of anilines is 1. The molecule has 3 rings (SSSR count). The first-order valence-corrected chi connectivity index (χ1v) is 11.5. The third kappa shape index (κ3) is 6.18. The number of carbonyl (C=O) groups excluding carboxylic acids is 1. The molecule has 1 aliphatic rings. The number of amides is 1. The number of benzene rings is 2. The van der Waals surface area contributed by atoms with Crippen molar-refractivity contribution in [1.29, 1.82) is 0 Å². The minimum Gasteiger partial charge on any atom is -0.372 e. The highest BCUT2D eigenvalue weighted by Crippen LogP contribution is 2.24. The molecule has 1 atom stereocenters. The molecule has 0 saturated carbocycles. The Kier molecular flexibility index (Phi) is 7.69. The third-order valence-electron chi connectivity index (χ3n) is 5.31. The number of nitrogens with zero attached hydrogens (tertiary/aromatic N) is 1. The molecule has 0 unspecified atom stereocenters. The van der Waals surface area contributed by atoms with Gasteiger partial charge in [0.25, 0.3) is 0 Å². The van der Waals surface area contributed by atoms with E-state index < -0.39 is 0 Å². The lowest BCUT2D eigenvalue weighted by molar-refractivity contribution is -0.119. The molecular weight excluding hydrogens is 388 g/mol. The van der Waals surface area contributed by atoms with E-state index in [1.54, 1.807) is 11.8 Å².